The number of pyridine rings is 1. The van der Waals surface area contributed by atoms with Gasteiger partial charge >= 0.3 is 0 Å². The van der Waals surface area contributed by atoms with Gasteiger partial charge in [0.25, 0.3) is 0 Å². The molecule has 4 aromatic rings. The van der Waals surface area contributed by atoms with Gasteiger partial charge in [-0.05, 0) is 85.3 Å². The van der Waals surface area contributed by atoms with E-state index >= 15 is 0 Å². The van der Waals surface area contributed by atoms with Crippen molar-refractivity contribution >= 4 is 33.0 Å². The minimum Gasteiger partial charge on any atom is -0.472 e. The van der Waals surface area contributed by atoms with Gasteiger partial charge in [0.05, 0.1) is 17.9 Å². The first-order valence-electron chi connectivity index (χ1n) is 15.5. The number of aryl methyl sites for hydroxylation is 1. The molecule has 11 heteroatoms. The molecule has 0 saturated heterocycles. The van der Waals surface area contributed by atoms with Crippen LogP contribution >= 0.6 is 0 Å². The number of fused-ring (bicyclic) bond motifs is 1. The molecule has 2 heterocycles. The van der Waals surface area contributed by atoms with Crippen molar-refractivity contribution in [1.29, 1.82) is 0 Å². The first-order valence-corrected chi connectivity index (χ1v) is 16.9. The number of hydrazine groups is 1. The van der Waals surface area contributed by atoms with E-state index in [4.69, 9.17) is 16.3 Å². The van der Waals surface area contributed by atoms with Crippen LogP contribution in [-0.2, 0) is 21.4 Å². The highest BCUT2D eigenvalue weighted by molar-refractivity contribution is 7.89. The molecule has 1 amide bonds. The number of hydrogen-bond donors (Lipinski definition) is 3. The summed E-state index contributed by atoms with van der Waals surface area (Å²) in [6, 6.07) is 22.3. The van der Waals surface area contributed by atoms with E-state index in [1.165, 1.54) is 16.6 Å². The highest BCUT2D eigenvalue weighted by Gasteiger charge is 2.35. The van der Waals surface area contributed by atoms with Gasteiger partial charge in [-0.1, -0.05) is 49.4 Å². The maximum absolute atomic E-state index is 13.9. The maximum Gasteiger partial charge on any atom is 0.248 e. The molecular formula is C35H44N6O4S. The molecule has 2 atom stereocenters. The Labute approximate surface area is 272 Å². The smallest absolute Gasteiger partial charge is 0.248 e. The van der Waals surface area contributed by atoms with Gasteiger partial charge in [0.2, 0.25) is 21.8 Å². The number of carbonyl (C=O) groups is 1. The molecule has 1 aliphatic rings. The number of benzene rings is 3. The molecular weight excluding hydrogens is 600 g/mol. The van der Waals surface area contributed by atoms with E-state index in [2.05, 4.69) is 10.3 Å². The molecule has 0 radical (unpaired) electrons. The van der Waals surface area contributed by atoms with Crippen LogP contribution in [0.2, 0.25) is 0 Å². The Bertz CT molecular complexity index is 1820. The van der Waals surface area contributed by atoms with Gasteiger partial charge in [0.15, 0.2) is 0 Å². The van der Waals surface area contributed by atoms with Gasteiger partial charge in [-0.15, -0.1) is 0 Å². The van der Waals surface area contributed by atoms with Crippen LogP contribution in [0.4, 0.5) is 17.1 Å². The number of hydrogen-bond acceptors (Lipinski definition) is 8. The fraction of sp³-hybridized carbons (Fsp3) is 0.314. The molecule has 0 aliphatic carbocycles. The number of carbonyl (C=O) groups excluding carboxylic acids is 1. The minimum absolute atomic E-state index is 0. The summed E-state index contributed by atoms with van der Waals surface area (Å²) in [4.78, 5) is 17.8. The van der Waals surface area contributed by atoms with Crippen LogP contribution in [0.1, 0.15) is 61.9 Å². The van der Waals surface area contributed by atoms with Crippen molar-refractivity contribution in [2.45, 2.75) is 64.0 Å². The summed E-state index contributed by atoms with van der Waals surface area (Å²) in [6.45, 7) is 8.71. The molecule has 0 unspecified atom stereocenters. The first-order chi connectivity index (χ1) is 22.0. The average molecular weight is 645 g/mol. The van der Waals surface area contributed by atoms with Gasteiger partial charge in [0.1, 0.15) is 11.0 Å². The summed E-state index contributed by atoms with van der Waals surface area (Å²) in [6.07, 6.45) is 1.95. The van der Waals surface area contributed by atoms with Gasteiger partial charge in [0, 0.05) is 38.7 Å². The van der Waals surface area contributed by atoms with E-state index in [-0.39, 0.29) is 49.6 Å². The normalized spacial score (nSPS) is 16.5. The molecule has 3 aromatic carbocycles. The van der Waals surface area contributed by atoms with Crippen LogP contribution < -0.4 is 26.6 Å². The number of para-hydroxylation sites is 1. The number of anilines is 3. The largest absolute Gasteiger partial charge is 0.472 e. The third kappa shape index (κ3) is 6.86. The number of nitrogens with zero attached hydrogens (tertiary/aromatic N) is 3. The summed E-state index contributed by atoms with van der Waals surface area (Å²) in [5, 5.41) is 4.60. The Morgan fingerprint density at radius 3 is 2.59 bits per heavy atom. The standard InChI is InChI=1S/C35H42N6O4S.H2/c1-5-28-22-40(46(43,44)32-13-10-18-38-35(32)45-28)21-26-19-25(15-14-23(26)3)30(20-33(42)39-27-11-8-7-9-12-27)29-16-17-31(41(37)6-2)34(36)24(29)4;/h7-19,28,30H,5-6,20-22,36-37H2,1-4H3,(H,39,42);1H/t28-,30+;/m1./s1. The fourth-order valence-corrected chi connectivity index (χ4v) is 7.33. The molecule has 1 aromatic heterocycles. The second-order valence-electron chi connectivity index (χ2n) is 11.6. The summed E-state index contributed by atoms with van der Waals surface area (Å²) >= 11 is 0. The third-order valence-corrected chi connectivity index (χ3v) is 10.4. The molecule has 0 saturated carbocycles. The number of amides is 1. The van der Waals surface area contributed by atoms with Crippen LogP contribution in [-0.4, -0.2) is 42.8 Å². The van der Waals surface area contributed by atoms with Gasteiger partial charge in [-0.3, -0.25) is 4.79 Å². The molecule has 1 aliphatic heterocycles. The van der Waals surface area contributed by atoms with Crippen LogP contribution in [0.5, 0.6) is 5.88 Å². The van der Waals surface area contributed by atoms with Crippen molar-refractivity contribution in [1.82, 2.24) is 9.29 Å². The summed E-state index contributed by atoms with van der Waals surface area (Å²) < 4.78 is 35.2. The minimum atomic E-state index is -3.90. The van der Waals surface area contributed by atoms with Crippen molar-refractivity contribution in [3.8, 4) is 5.88 Å². The number of nitrogens with two attached hydrogens (primary N) is 2. The van der Waals surface area contributed by atoms with Gasteiger partial charge < -0.3 is 20.8 Å². The zero-order valence-electron chi connectivity index (χ0n) is 26.7. The molecule has 5 rings (SSSR count). The molecule has 0 spiro atoms. The summed E-state index contributed by atoms with van der Waals surface area (Å²) in [5.74, 6) is 5.80. The van der Waals surface area contributed by atoms with Crippen LogP contribution in [0.15, 0.2) is 83.9 Å². The number of rotatable bonds is 10. The quantitative estimate of drug-likeness (QED) is 0.113. The molecule has 46 heavy (non-hydrogen) atoms. The Hall–Kier alpha value is -4.45. The molecule has 0 fully saturated rings. The number of sulfonamides is 1. The van der Waals surface area contributed by atoms with Crippen LogP contribution in [0, 0.1) is 13.8 Å². The van der Waals surface area contributed by atoms with E-state index < -0.39 is 10.0 Å². The van der Waals surface area contributed by atoms with E-state index in [1.54, 1.807) is 11.1 Å². The lowest BCUT2D eigenvalue weighted by atomic mass is 9.83. The lowest BCUT2D eigenvalue weighted by molar-refractivity contribution is -0.116. The highest BCUT2D eigenvalue weighted by Crippen LogP contribution is 2.38. The summed E-state index contributed by atoms with van der Waals surface area (Å²) in [7, 11) is -3.90. The number of nitrogen functional groups attached to an aromatic ring is 1. The van der Waals surface area contributed by atoms with Crippen molar-refractivity contribution < 1.29 is 19.4 Å². The van der Waals surface area contributed by atoms with Crippen molar-refractivity contribution in [2.75, 3.05) is 29.1 Å². The molecule has 0 bridgehead atoms. The van der Waals surface area contributed by atoms with Crippen molar-refractivity contribution in [3.05, 3.63) is 107 Å². The fourth-order valence-electron chi connectivity index (χ4n) is 5.81. The second-order valence-corrected chi connectivity index (χ2v) is 13.5. The summed E-state index contributed by atoms with van der Waals surface area (Å²) in [5.41, 5.74) is 12.9. The Morgan fingerprint density at radius 2 is 1.87 bits per heavy atom. The lowest BCUT2D eigenvalue weighted by Gasteiger charge is -2.26. The number of ether oxygens (including phenoxy) is 1. The van der Waals surface area contributed by atoms with Gasteiger partial charge in [-0.2, -0.15) is 4.31 Å². The maximum atomic E-state index is 13.9. The Kier molecular flexibility index (Phi) is 9.95. The van der Waals surface area contributed by atoms with Crippen molar-refractivity contribution in [2.24, 2.45) is 5.84 Å². The second kappa shape index (κ2) is 13.9. The number of aromatic nitrogens is 1. The predicted molar refractivity (Wildman–Crippen MR) is 184 cm³/mol. The van der Waals surface area contributed by atoms with E-state index in [9.17, 15) is 13.2 Å². The Balaban J connectivity index is 0.00000500. The van der Waals surface area contributed by atoms with Crippen molar-refractivity contribution in [3.63, 3.8) is 0 Å². The zero-order chi connectivity index (χ0) is 33.0. The van der Waals surface area contributed by atoms with Crippen LogP contribution in [0.3, 0.4) is 0 Å². The van der Waals surface area contributed by atoms with Crippen LogP contribution in [0.25, 0.3) is 0 Å². The Morgan fingerprint density at radius 1 is 1.11 bits per heavy atom. The third-order valence-electron chi connectivity index (χ3n) is 8.62. The molecule has 10 nitrogen and oxygen atoms in total. The highest BCUT2D eigenvalue weighted by atomic mass is 32.2. The monoisotopic (exact) mass is 644 g/mol. The van der Waals surface area contributed by atoms with E-state index in [0.717, 1.165) is 33.5 Å². The molecule has 244 valence electrons. The van der Waals surface area contributed by atoms with Gasteiger partial charge in [-0.25, -0.2) is 19.2 Å². The lowest BCUT2D eigenvalue weighted by Crippen LogP contribution is -2.36. The van der Waals surface area contributed by atoms with E-state index in [0.29, 0.717) is 24.3 Å². The SMILES string of the molecule is CC[C@@H]1CN(Cc2cc([C@H](CC(=O)Nc3ccccc3)c3ccc(N(N)CC)c(N)c3C)ccc2C)S(=O)(=O)c2cccnc2O1.[HH]. The number of nitrogens with one attached hydrogen (secondary N) is 1. The molecule has 5 N–H and O–H groups in total. The van der Waals surface area contributed by atoms with E-state index in [1.807, 2.05) is 88.4 Å². The predicted octanol–water partition coefficient (Wildman–Crippen LogP) is 5.75. The topological polar surface area (TPSA) is 144 Å². The zero-order valence-corrected chi connectivity index (χ0v) is 27.5. The first kappa shape index (κ1) is 32.9. The average Bonchev–Trinajstić information content (AvgIpc) is 3.15.